The van der Waals surface area contributed by atoms with E-state index in [4.69, 9.17) is 14.2 Å². The quantitative estimate of drug-likeness (QED) is 0.0261. The van der Waals surface area contributed by atoms with Gasteiger partial charge in [0.1, 0.15) is 13.2 Å². The standard InChI is InChI=1S/C68H128O6/c1-4-7-10-13-16-19-22-24-26-28-30-32-34-36-38-40-42-44-46-49-52-55-58-61-67(70)73-64-65(63-72-66(69)60-57-54-51-48-21-18-15-12-9-6-3)74-68(71)62-59-56-53-50-47-45-43-41-39-37-35-33-31-29-27-25-23-20-17-14-11-8-5-2/h28-31,65H,4-27,32-64H2,1-3H3/b30-28-,31-29-. The van der Waals surface area contributed by atoms with Crippen molar-refractivity contribution in [2.45, 2.75) is 380 Å². The lowest BCUT2D eigenvalue weighted by molar-refractivity contribution is -0.167. The van der Waals surface area contributed by atoms with Gasteiger partial charge in [-0.05, 0) is 70.6 Å². The molecular weight excluding hydrogens is 913 g/mol. The van der Waals surface area contributed by atoms with Gasteiger partial charge in [0.15, 0.2) is 6.10 Å². The Hall–Kier alpha value is -2.11. The maximum atomic E-state index is 12.9. The summed E-state index contributed by atoms with van der Waals surface area (Å²) in [5.74, 6) is -0.844. The van der Waals surface area contributed by atoms with Gasteiger partial charge in [-0.2, -0.15) is 0 Å². The zero-order valence-electron chi connectivity index (χ0n) is 50.1. The van der Waals surface area contributed by atoms with Crippen LogP contribution in [-0.4, -0.2) is 37.2 Å². The number of hydrogen-bond donors (Lipinski definition) is 0. The summed E-state index contributed by atoms with van der Waals surface area (Å²) in [5, 5.41) is 0. The maximum Gasteiger partial charge on any atom is 0.306 e. The first-order valence-corrected chi connectivity index (χ1v) is 33.3. The molecule has 0 N–H and O–H groups in total. The molecule has 0 spiro atoms. The van der Waals surface area contributed by atoms with Crippen molar-refractivity contribution in [2.24, 2.45) is 0 Å². The molecular formula is C68H128O6. The van der Waals surface area contributed by atoms with Crippen molar-refractivity contribution in [1.29, 1.82) is 0 Å². The Balaban J connectivity index is 4.18. The summed E-state index contributed by atoms with van der Waals surface area (Å²) in [6.45, 7) is 6.69. The lowest BCUT2D eigenvalue weighted by Crippen LogP contribution is -2.30. The van der Waals surface area contributed by atoms with E-state index >= 15 is 0 Å². The van der Waals surface area contributed by atoms with Crippen molar-refractivity contribution in [1.82, 2.24) is 0 Å². The van der Waals surface area contributed by atoms with Gasteiger partial charge in [0.2, 0.25) is 0 Å². The van der Waals surface area contributed by atoms with Crippen molar-refractivity contribution < 1.29 is 28.6 Å². The normalized spacial score (nSPS) is 12.1. The molecule has 0 fully saturated rings. The van der Waals surface area contributed by atoms with Crippen molar-refractivity contribution in [3.8, 4) is 0 Å². The van der Waals surface area contributed by atoms with Gasteiger partial charge in [-0.15, -0.1) is 0 Å². The predicted molar refractivity (Wildman–Crippen MR) is 321 cm³/mol. The van der Waals surface area contributed by atoms with Gasteiger partial charge >= 0.3 is 17.9 Å². The minimum atomic E-state index is -0.768. The third-order valence-electron chi connectivity index (χ3n) is 15.2. The highest BCUT2D eigenvalue weighted by Gasteiger charge is 2.19. The van der Waals surface area contributed by atoms with Crippen molar-refractivity contribution >= 4 is 17.9 Å². The minimum absolute atomic E-state index is 0.0666. The highest BCUT2D eigenvalue weighted by atomic mass is 16.6. The van der Waals surface area contributed by atoms with Gasteiger partial charge < -0.3 is 14.2 Å². The molecule has 0 bridgehead atoms. The summed E-state index contributed by atoms with van der Waals surface area (Å²) >= 11 is 0. The molecule has 0 heterocycles. The van der Waals surface area contributed by atoms with Gasteiger partial charge in [-0.25, -0.2) is 0 Å². The molecule has 0 aliphatic heterocycles. The first-order chi connectivity index (χ1) is 36.5. The summed E-state index contributed by atoms with van der Waals surface area (Å²) in [7, 11) is 0. The molecule has 0 aliphatic rings. The fourth-order valence-electron chi connectivity index (χ4n) is 10.1. The molecule has 0 aromatic heterocycles. The number of allylic oxidation sites excluding steroid dienone is 4. The van der Waals surface area contributed by atoms with Crippen LogP contribution in [0, 0.1) is 0 Å². The van der Waals surface area contributed by atoms with Crippen LogP contribution < -0.4 is 0 Å². The summed E-state index contributed by atoms with van der Waals surface area (Å²) in [4.78, 5) is 38.3. The number of carbonyl (C=O) groups is 3. The second kappa shape index (κ2) is 63.4. The van der Waals surface area contributed by atoms with Gasteiger partial charge in [0, 0.05) is 19.3 Å². The van der Waals surface area contributed by atoms with Gasteiger partial charge in [0.25, 0.3) is 0 Å². The van der Waals surface area contributed by atoms with Crippen LogP contribution in [0.15, 0.2) is 24.3 Å². The second-order valence-electron chi connectivity index (χ2n) is 22.7. The van der Waals surface area contributed by atoms with Crippen molar-refractivity contribution in [2.75, 3.05) is 13.2 Å². The average molecular weight is 1040 g/mol. The number of esters is 3. The molecule has 0 amide bonds. The fraction of sp³-hybridized carbons (Fsp3) is 0.897. The monoisotopic (exact) mass is 1040 g/mol. The SMILES string of the molecule is CCCCCCCCCC/C=C\CCCCCCCCCCCCCC(=O)OCC(COC(=O)CCCCCCCCCCCC)OC(=O)CCCCCCCCCCCCC/C=C\CCCCCCCCCC. The molecule has 6 nitrogen and oxygen atoms in total. The smallest absolute Gasteiger partial charge is 0.306 e. The topological polar surface area (TPSA) is 78.9 Å². The van der Waals surface area contributed by atoms with Crippen LogP contribution in [0.3, 0.4) is 0 Å². The molecule has 1 atom stereocenters. The van der Waals surface area contributed by atoms with Crippen molar-refractivity contribution in [3.05, 3.63) is 24.3 Å². The Morgan fingerprint density at radius 1 is 0.257 bits per heavy atom. The Bertz CT molecular complexity index is 1190. The van der Waals surface area contributed by atoms with Crippen LogP contribution in [0.5, 0.6) is 0 Å². The van der Waals surface area contributed by atoms with Crippen LogP contribution in [0.2, 0.25) is 0 Å². The lowest BCUT2D eigenvalue weighted by atomic mass is 10.0. The summed E-state index contributed by atoms with van der Waals surface area (Å²) < 4.78 is 16.9. The highest BCUT2D eigenvalue weighted by molar-refractivity contribution is 5.71. The largest absolute Gasteiger partial charge is 0.462 e. The molecule has 0 aromatic rings. The molecule has 0 radical (unpaired) electrons. The fourth-order valence-corrected chi connectivity index (χ4v) is 10.1. The van der Waals surface area contributed by atoms with Crippen LogP contribution in [0.1, 0.15) is 374 Å². The van der Waals surface area contributed by atoms with Gasteiger partial charge in [-0.3, -0.25) is 14.4 Å². The second-order valence-corrected chi connectivity index (χ2v) is 22.7. The third-order valence-corrected chi connectivity index (χ3v) is 15.2. The van der Waals surface area contributed by atoms with E-state index in [1.54, 1.807) is 0 Å². The van der Waals surface area contributed by atoms with Gasteiger partial charge in [-0.1, -0.05) is 308 Å². The van der Waals surface area contributed by atoms with E-state index in [1.165, 1.54) is 276 Å². The third kappa shape index (κ3) is 60.8. The Morgan fingerprint density at radius 3 is 0.676 bits per heavy atom. The van der Waals surface area contributed by atoms with E-state index in [0.717, 1.165) is 57.8 Å². The molecule has 0 aromatic carbocycles. The zero-order valence-corrected chi connectivity index (χ0v) is 50.1. The Morgan fingerprint density at radius 2 is 0.446 bits per heavy atom. The molecule has 436 valence electrons. The minimum Gasteiger partial charge on any atom is -0.462 e. The number of hydrogen-bond acceptors (Lipinski definition) is 6. The lowest BCUT2D eigenvalue weighted by Gasteiger charge is -2.18. The summed E-state index contributed by atoms with van der Waals surface area (Å²) in [5.41, 5.74) is 0. The number of unbranched alkanes of at least 4 members (excludes halogenated alkanes) is 47. The molecule has 0 aliphatic carbocycles. The number of rotatable bonds is 62. The summed E-state index contributed by atoms with van der Waals surface area (Å²) in [6, 6.07) is 0. The van der Waals surface area contributed by atoms with E-state index in [0.29, 0.717) is 19.3 Å². The first-order valence-electron chi connectivity index (χ1n) is 33.3. The zero-order chi connectivity index (χ0) is 53.6. The Labute approximate surface area is 462 Å². The van der Waals surface area contributed by atoms with Gasteiger partial charge in [0.05, 0.1) is 0 Å². The van der Waals surface area contributed by atoms with Crippen LogP contribution >= 0.6 is 0 Å². The Kier molecular flexibility index (Phi) is 61.6. The molecule has 0 rings (SSSR count). The average Bonchev–Trinajstić information content (AvgIpc) is 3.40. The molecule has 0 saturated heterocycles. The van der Waals surface area contributed by atoms with Crippen LogP contribution in [0.25, 0.3) is 0 Å². The van der Waals surface area contributed by atoms with Crippen LogP contribution in [0.4, 0.5) is 0 Å². The highest BCUT2D eigenvalue weighted by Crippen LogP contribution is 2.18. The predicted octanol–water partition coefficient (Wildman–Crippen LogP) is 22.6. The maximum absolute atomic E-state index is 12.9. The molecule has 74 heavy (non-hydrogen) atoms. The molecule has 0 saturated carbocycles. The van der Waals surface area contributed by atoms with E-state index in [-0.39, 0.29) is 31.1 Å². The molecule has 1 unspecified atom stereocenters. The van der Waals surface area contributed by atoms with E-state index in [9.17, 15) is 14.4 Å². The first kappa shape index (κ1) is 71.9. The van der Waals surface area contributed by atoms with Crippen LogP contribution in [-0.2, 0) is 28.6 Å². The summed E-state index contributed by atoms with van der Waals surface area (Å²) in [6.07, 6.45) is 76.3. The van der Waals surface area contributed by atoms with E-state index in [1.807, 2.05) is 0 Å². The molecule has 6 heteroatoms. The van der Waals surface area contributed by atoms with E-state index in [2.05, 4.69) is 45.1 Å². The number of ether oxygens (including phenoxy) is 3. The van der Waals surface area contributed by atoms with E-state index < -0.39 is 6.10 Å². The number of carbonyl (C=O) groups excluding carboxylic acids is 3. The van der Waals surface area contributed by atoms with Crippen molar-refractivity contribution in [3.63, 3.8) is 0 Å².